The molecule has 0 aromatic carbocycles. The molecule has 8 atom stereocenters. The molecule has 4 aliphatic carbocycles. The van der Waals surface area contributed by atoms with Crippen molar-refractivity contribution >= 4 is 22.7 Å². The first kappa shape index (κ1) is 29.3. The number of alkyl halides is 1. The molecular weight excluding hydrogens is 535 g/mol. The van der Waals surface area contributed by atoms with Gasteiger partial charge < -0.3 is 20.3 Å². The minimum Gasteiger partial charge on any atom is -0.390 e. The van der Waals surface area contributed by atoms with Crippen LogP contribution in [0.15, 0.2) is 39.7 Å². The van der Waals surface area contributed by atoms with Crippen LogP contribution in [-0.2, 0) is 23.7 Å². The molecule has 0 amide bonds. The van der Waals surface area contributed by atoms with Gasteiger partial charge in [0.2, 0.25) is 0 Å². The van der Waals surface area contributed by atoms with Crippen LogP contribution in [0.4, 0.5) is 4.39 Å². The van der Waals surface area contributed by atoms with E-state index in [9.17, 15) is 34.5 Å². The maximum Gasteiger partial charge on any atom is 0.332 e. The molecule has 41 heavy (non-hydrogen) atoms. The van der Waals surface area contributed by atoms with Crippen LogP contribution in [0.2, 0.25) is 0 Å². The van der Waals surface area contributed by atoms with Crippen molar-refractivity contribution in [2.75, 3.05) is 6.61 Å². The summed E-state index contributed by atoms with van der Waals surface area (Å²) in [6, 6.07) is 0. The van der Waals surface area contributed by atoms with Gasteiger partial charge in [-0.15, -0.1) is 0 Å². The number of carbonyl (C=O) groups is 2. The number of aryl methyl sites for hydroxylation is 1. The molecule has 4 N–H and O–H groups in total. The molecule has 2 aromatic rings. The van der Waals surface area contributed by atoms with Crippen molar-refractivity contribution in [3.05, 3.63) is 51.0 Å². The van der Waals surface area contributed by atoms with Gasteiger partial charge in [0.15, 0.2) is 22.9 Å². The number of Topliss-reactive ketones (excluding diaryl/α,β-unsaturated/α-hetero) is 1. The first-order valence-electron chi connectivity index (χ1n) is 13.9. The lowest BCUT2D eigenvalue weighted by molar-refractivity contribution is -0.219. The lowest BCUT2D eigenvalue weighted by Crippen LogP contribution is -2.69. The Morgan fingerprint density at radius 2 is 1.88 bits per heavy atom. The number of aliphatic hydroxyl groups excluding tert-OH is 2. The zero-order valence-electron chi connectivity index (χ0n) is 23.8. The molecule has 6 rings (SSSR count). The van der Waals surface area contributed by atoms with Crippen molar-refractivity contribution < 1.29 is 29.3 Å². The van der Waals surface area contributed by atoms with Crippen LogP contribution in [0.3, 0.4) is 0 Å². The number of hydrogen-bond acceptors (Lipinski definition) is 8. The molecule has 0 saturated heterocycles. The summed E-state index contributed by atoms with van der Waals surface area (Å²) in [4.78, 5) is 53.8. The van der Waals surface area contributed by atoms with Crippen molar-refractivity contribution in [1.29, 1.82) is 0 Å². The summed E-state index contributed by atoms with van der Waals surface area (Å²) in [6.45, 7) is 4.48. The Labute approximate surface area is 235 Å². The van der Waals surface area contributed by atoms with Crippen LogP contribution < -0.4 is 11.2 Å². The quantitative estimate of drug-likeness (QED) is 0.411. The number of aromatic nitrogens is 4. The Morgan fingerprint density at radius 1 is 1.20 bits per heavy atom. The van der Waals surface area contributed by atoms with Gasteiger partial charge in [0.25, 0.3) is 5.56 Å². The first-order valence-corrected chi connectivity index (χ1v) is 13.9. The average molecular weight is 573 g/mol. The van der Waals surface area contributed by atoms with Crippen molar-refractivity contribution in [3.63, 3.8) is 0 Å². The molecule has 0 radical (unpaired) electrons. The third-order valence-electron chi connectivity index (χ3n) is 10.8. The van der Waals surface area contributed by atoms with Gasteiger partial charge in [-0.1, -0.05) is 25.5 Å². The van der Waals surface area contributed by atoms with E-state index in [1.807, 2.05) is 0 Å². The molecule has 0 unspecified atom stereocenters. The summed E-state index contributed by atoms with van der Waals surface area (Å²) in [5, 5.41) is 32.0. The maximum absolute atomic E-state index is 16.9. The second-order valence-corrected chi connectivity index (χ2v) is 12.6. The smallest absolute Gasteiger partial charge is 0.332 e. The van der Waals surface area contributed by atoms with E-state index >= 15 is 4.39 Å². The monoisotopic (exact) mass is 572 g/mol. The van der Waals surface area contributed by atoms with Crippen LogP contribution in [0, 0.1) is 28.6 Å². The standard InChI is InChI=1S/C22H29FO5.C7H8N4O2/c1-12-8-16-15-5-4-13-9-14(25)6-7-19(13,2)21(15,23)17(26)10-20(16,3)22(12,28)18(27)11-24;1-10-5-4(8-3-9-5)6(12)11(2)7(10)13/h6-7,9,12,15-17,24,26,28H,4-5,8,10-11H2,1-3H3;3H,1-2H3,(H,8,9)/t12-,15+,16+,17+,19+,20+,21+,22+;/m1./s1. The normalized spacial score (nSPS) is 39.3. The number of imidazole rings is 1. The summed E-state index contributed by atoms with van der Waals surface area (Å²) in [7, 11) is 3.01. The molecular formula is C29H37FN4O7. The number of nitrogens with one attached hydrogen (secondary N) is 1. The Balaban J connectivity index is 0.000000216. The Hall–Kier alpha value is -3.22. The second-order valence-electron chi connectivity index (χ2n) is 12.6. The predicted molar refractivity (Wildman–Crippen MR) is 147 cm³/mol. The van der Waals surface area contributed by atoms with Crippen LogP contribution in [0.1, 0.15) is 46.5 Å². The largest absolute Gasteiger partial charge is 0.390 e. The third-order valence-corrected chi connectivity index (χ3v) is 10.8. The number of halogens is 1. The fraction of sp³-hybridized carbons (Fsp3) is 0.621. The second kappa shape index (κ2) is 9.40. The van der Waals surface area contributed by atoms with E-state index in [2.05, 4.69) is 9.97 Å². The van der Waals surface area contributed by atoms with E-state index in [1.54, 1.807) is 33.9 Å². The van der Waals surface area contributed by atoms with Crippen LogP contribution >= 0.6 is 0 Å². The van der Waals surface area contributed by atoms with Crippen LogP contribution in [0.5, 0.6) is 0 Å². The number of fused-ring (bicyclic) bond motifs is 6. The minimum atomic E-state index is -1.98. The highest BCUT2D eigenvalue weighted by molar-refractivity contribution is 6.01. The molecule has 3 saturated carbocycles. The number of aromatic amines is 1. The summed E-state index contributed by atoms with van der Waals surface area (Å²) in [5.74, 6) is -2.12. The molecule has 4 aliphatic rings. The third kappa shape index (κ3) is 3.63. The van der Waals surface area contributed by atoms with E-state index in [1.165, 1.54) is 30.1 Å². The van der Waals surface area contributed by atoms with E-state index < -0.39 is 52.4 Å². The Bertz CT molecular complexity index is 1620. The number of H-pyrrole nitrogens is 1. The molecule has 3 fully saturated rings. The van der Waals surface area contributed by atoms with Crippen LogP contribution in [-0.4, -0.2) is 70.0 Å². The van der Waals surface area contributed by atoms with Gasteiger partial charge in [-0.3, -0.25) is 23.5 Å². The van der Waals surface area contributed by atoms with Gasteiger partial charge in [0.05, 0.1) is 12.4 Å². The molecule has 0 spiro atoms. The zero-order valence-corrected chi connectivity index (χ0v) is 23.8. The summed E-state index contributed by atoms with van der Waals surface area (Å²) >= 11 is 0. The van der Waals surface area contributed by atoms with Gasteiger partial charge in [-0.25, -0.2) is 14.2 Å². The Morgan fingerprint density at radius 3 is 2.54 bits per heavy atom. The molecule has 0 bridgehead atoms. The van der Waals surface area contributed by atoms with E-state index in [0.717, 1.165) is 4.57 Å². The SMILES string of the molecule is C[C@@H]1C[C@H]2[C@@H]3CCC4=CC(=O)C=C[C@]4(C)[C@@]3(F)[C@@H](O)C[C@]2(C)[C@@]1(O)C(=O)CO.Cn1c(=O)c2[nH]cnc2n(C)c1=O. The molecule has 11 nitrogen and oxygen atoms in total. The predicted octanol–water partition coefficient (Wildman–Crippen LogP) is 0.856. The lowest BCUT2D eigenvalue weighted by atomic mass is 9.44. The number of allylic oxidation sites excluding steroid dienone is 4. The van der Waals surface area contributed by atoms with Crippen molar-refractivity contribution in [2.24, 2.45) is 42.7 Å². The van der Waals surface area contributed by atoms with Gasteiger partial charge in [0.1, 0.15) is 17.7 Å². The number of aliphatic hydroxyl groups is 3. The highest BCUT2D eigenvalue weighted by Gasteiger charge is 2.75. The van der Waals surface area contributed by atoms with E-state index in [4.69, 9.17) is 0 Å². The number of hydrogen-bond donors (Lipinski definition) is 4. The molecule has 2 aromatic heterocycles. The summed E-state index contributed by atoms with van der Waals surface area (Å²) in [6.07, 6.45) is 5.83. The number of rotatable bonds is 2. The first-order chi connectivity index (χ1) is 19.1. The highest BCUT2D eigenvalue weighted by Crippen LogP contribution is 2.70. The average Bonchev–Trinajstić information content (AvgIpc) is 3.50. The van der Waals surface area contributed by atoms with Crippen molar-refractivity contribution in [3.8, 4) is 0 Å². The number of ketones is 2. The number of nitrogens with zero attached hydrogens (tertiary/aromatic N) is 3. The molecule has 222 valence electrons. The fourth-order valence-electron chi connectivity index (χ4n) is 8.53. The summed E-state index contributed by atoms with van der Waals surface area (Å²) in [5.41, 5.74) is -5.16. The molecule has 2 heterocycles. The van der Waals surface area contributed by atoms with Gasteiger partial charge in [-0.2, -0.15) is 0 Å². The van der Waals surface area contributed by atoms with Crippen molar-refractivity contribution in [2.45, 2.75) is 63.8 Å². The Kier molecular flexibility index (Phi) is 6.71. The molecule has 0 aliphatic heterocycles. The topological polar surface area (TPSA) is 168 Å². The van der Waals surface area contributed by atoms with E-state index in [-0.39, 0.29) is 29.4 Å². The highest BCUT2D eigenvalue weighted by atomic mass is 19.1. The number of carbonyl (C=O) groups excluding carboxylic acids is 2. The van der Waals surface area contributed by atoms with Crippen molar-refractivity contribution in [1.82, 2.24) is 19.1 Å². The maximum atomic E-state index is 16.9. The van der Waals surface area contributed by atoms with Gasteiger partial charge in [0, 0.05) is 30.8 Å². The summed E-state index contributed by atoms with van der Waals surface area (Å²) < 4.78 is 19.2. The van der Waals surface area contributed by atoms with Gasteiger partial charge >= 0.3 is 5.69 Å². The van der Waals surface area contributed by atoms with Gasteiger partial charge in [-0.05, 0) is 56.6 Å². The van der Waals surface area contributed by atoms with Crippen LogP contribution in [0.25, 0.3) is 11.2 Å². The zero-order chi connectivity index (χ0) is 30.3. The molecule has 12 heteroatoms. The lowest BCUT2D eigenvalue weighted by Gasteiger charge is -2.62. The fourth-order valence-corrected chi connectivity index (χ4v) is 8.53. The minimum absolute atomic E-state index is 0.0676. The van der Waals surface area contributed by atoms with E-state index in [0.29, 0.717) is 36.0 Å².